The van der Waals surface area contributed by atoms with Gasteiger partial charge in [-0.05, 0) is 18.2 Å². The van der Waals surface area contributed by atoms with Crippen LogP contribution in [-0.2, 0) is 0 Å². The van der Waals surface area contributed by atoms with E-state index in [2.05, 4.69) is 20.3 Å². The average molecular weight is 316 g/mol. The van der Waals surface area contributed by atoms with E-state index in [0.717, 1.165) is 0 Å². The summed E-state index contributed by atoms with van der Waals surface area (Å²) in [5.74, 6) is 0.558. The summed E-state index contributed by atoms with van der Waals surface area (Å²) in [7, 11) is 0. The summed E-state index contributed by atoms with van der Waals surface area (Å²) in [5.41, 5.74) is 0.248. The molecule has 0 saturated carbocycles. The van der Waals surface area contributed by atoms with Crippen molar-refractivity contribution < 1.29 is 14.3 Å². The Morgan fingerprint density at radius 1 is 1.36 bits per heavy atom. The lowest BCUT2D eigenvalue weighted by Crippen LogP contribution is -2.30. The Balaban J connectivity index is 1.74. The lowest BCUT2D eigenvalue weighted by atomic mass is 10.2. The van der Waals surface area contributed by atoms with E-state index in [-0.39, 0.29) is 12.3 Å². The van der Waals surface area contributed by atoms with Gasteiger partial charge in [-0.25, -0.2) is 15.0 Å². The van der Waals surface area contributed by atoms with E-state index in [4.69, 9.17) is 4.42 Å². The second-order valence-electron chi connectivity index (χ2n) is 4.33. The van der Waals surface area contributed by atoms with Crippen molar-refractivity contribution in [2.45, 2.75) is 6.04 Å². The Hall–Kier alpha value is -2.58. The molecule has 0 aliphatic heterocycles. The monoisotopic (exact) mass is 316 g/mol. The number of furan rings is 1. The van der Waals surface area contributed by atoms with Gasteiger partial charge in [0.2, 0.25) is 0 Å². The Bertz CT molecular complexity index is 743. The summed E-state index contributed by atoms with van der Waals surface area (Å²) in [6.45, 7) is -0.266. The minimum Gasteiger partial charge on any atom is -0.467 e. The van der Waals surface area contributed by atoms with E-state index in [1.54, 1.807) is 36.0 Å². The molecular formula is C14H12N4O3S. The molecule has 0 saturated heterocycles. The predicted octanol–water partition coefficient (Wildman–Crippen LogP) is 1.66. The van der Waals surface area contributed by atoms with Gasteiger partial charge in [-0.1, -0.05) is 0 Å². The summed E-state index contributed by atoms with van der Waals surface area (Å²) in [6.07, 6.45) is 4.71. The van der Waals surface area contributed by atoms with Crippen molar-refractivity contribution in [1.29, 1.82) is 0 Å². The van der Waals surface area contributed by atoms with Gasteiger partial charge in [0.05, 0.1) is 12.9 Å². The van der Waals surface area contributed by atoms with E-state index in [9.17, 15) is 9.90 Å². The first-order chi connectivity index (χ1) is 10.8. The van der Waals surface area contributed by atoms with Gasteiger partial charge in [-0.3, -0.25) is 4.79 Å². The van der Waals surface area contributed by atoms with Crippen LogP contribution in [0.1, 0.15) is 22.3 Å². The third-order valence-corrected chi connectivity index (χ3v) is 3.71. The fraction of sp³-hybridized carbons (Fsp3) is 0.143. The van der Waals surface area contributed by atoms with Crippen LogP contribution in [0.5, 0.6) is 0 Å². The maximum absolute atomic E-state index is 12.2. The van der Waals surface area contributed by atoms with Gasteiger partial charge in [0.15, 0.2) is 10.8 Å². The topological polar surface area (TPSA) is 101 Å². The minimum absolute atomic E-state index is 0.248. The normalized spacial score (nSPS) is 12.0. The highest BCUT2D eigenvalue weighted by molar-refractivity contribution is 7.13. The molecule has 3 aromatic rings. The number of aromatic nitrogens is 3. The van der Waals surface area contributed by atoms with Crippen LogP contribution in [0.2, 0.25) is 0 Å². The second kappa shape index (κ2) is 6.46. The number of hydrogen-bond donors (Lipinski definition) is 2. The highest BCUT2D eigenvalue weighted by Gasteiger charge is 2.19. The van der Waals surface area contributed by atoms with Crippen LogP contribution in [0.25, 0.3) is 10.8 Å². The van der Waals surface area contributed by atoms with E-state index in [0.29, 0.717) is 16.6 Å². The van der Waals surface area contributed by atoms with Crippen molar-refractivity contribution in [1.82, 2.24) is 20.3 Å². The van der Waals surface area contributed by atoms with E-state index in [1.807, 2.05) is 0 Å². The lowest BCUT2D eigenvalue weighted by molar-refractivity contribution is 0.0903. The molecule has 112 valence electrons. The molecule has 0 radical (unpaired) electrons. The molecule has 0 fully saturated rings. The molecule has 3 heterocycles. The van der Waals surface area contributed by atoms with Crippen molar-refractivity contribution in [3.8, 4) is 10.8 Å². The molecule has 1 unspecified atom stereocenters. The van der Waals surface area contributed by atoms with Crippen LogP contribution in [0.15, 0.2) is 46.7 Å². The Kier molecular flexibility index (Phi) is 4.22. The van der Waals surface area contributed by atoms with Crippen molar-refractivity contribution in [2.24, 2.45) is 0 Å². The summed E-state index contributed by atoms with van der Waals surface area (Å²) in [4.78, 5) is 24.6. The van der Waals surface area contributed by atoms with Crippen molar-refractivity contribution in [3.05, 3.63) is 53.7 Å². The lowest BCUT2D eigenvalue weighted by Gasteiger charge is -2.12. The fourth-order valence-corrected chi connectivity index (χ4v) is 2.56. The number of aliphatic hydroxyl groups is 1. The van der Waals surface area contributed by atoms with E-state index in [1.165, 1.54) is 17.6 Å². The zero-order chi connectivity index (χ0) is 15.4. The zero-order valence-corrected chi connectivity index (χ0v) is 12.2. The van der Waals surface area contributed by atoms with Gasteiger partial charge in [0.1, 0.15) is 17.5 Å². The summed E-state index contributed by atoms with van der Waals surface area (Å²) in [6, 6.07) is 4.48. The molecule has 3 aromatic heterocycles. The van der Waals surface area contributed by atoms with Gasteiger partial charge in [0.25, 0.3) is 5.91 Å². The highest BCUT2D eigenvalue weighted by atomic mass is 32.1. The zero-order valence-electron chi connectivity index (χ0n) is 11.3. The molecule has 0 spiro atoms. The first-order valence-corrected chi connectivity index (χ1v) is 7.34. The summed E-state index contributed by atoms with van der Waals surface area (Å²) >= 11 is 1.28. The maximum Gasteiger partial charge on any atom is 0.271 e. The van der Waals surface area contributed by atoms with Crippen LogP contribution < -0.4 is 5.32 Å². The van der Waals surface area contributed by atoms with E-state index >= 15 is 0 Å². The van der Waals surface area contributed by atoms with Gasteiger partial charge in [-0.15, -0.1) is 11.3 Å². The van der Waals surface area contributed by atoms with Crippen LogP contribution in [0.3, 0.4) is 0 Å². The van der Waals surface area contributed by atoms with E-state index < -0.39 is 11.9 Å². The molecule has 0 aliphatic carbocycles. The first-order valence-electron chi connectivity index (χ1n) is 6.46. The van der Waals surface area contributed by atoms with Gasteiger partial charge >= 0.3 is 0 Å². The molecule has 0 aliphatic rings. The quantitative estimate of drug-likeness (QED) is 0.742. The molecule has 7 nitrogen and oxygen atoms in total. The number of carbonyl (C=O) groups is 1. The van der Waals surface area contributed by atoms with Crippen LogP contribution in [0, 0.1) is 0 Å². The second-order valence-corrected chi connectivity index (χ2v) is 5.19. The van der Waals surface area contributed by atoms with Crippen molar-refractivity contribution in [3.63, 3.8) is 0 Å². The number of thiazole rings is 1. The highest BCUT2D eigenvalue weighted by Crippen LogP contribution is 2.20. The number of nitrogens with zero attached hydrogens (tertiary/aromatic N) is 3. The number of rotatable bonds is 5. The molecule has 8 heteroatoms. The Morgan fingerprint density at radius 2 is 2.18 bits per heavy atom. The Labute approximate surface area is 129 Å². The van der Waals surface area contributed by atoms with Crippen LogP contribution >= 0.6 is 11.3 Å². The molecule has 0 bridgehead atoms. The number of nitrogens with one attached hydrogen (secondary N) is 1. The van der Waals surface area contributed by atoms with Gasteiger partial charge in [0, 0.05) is 17.8 Å². The molecular weight excluding hydrogens is 304 g/mol. The molecule has 0 aromatic carbocycles. The Morgan fingerprint density at radius 3 is 2.86 bits per heavy atom. The van der Waals surface area contributed by atoms with Crippen molar-refractivity contribution in [2.75, 3.05) is 6.61 Å². The van der Waals surface area contributed by atoms with Gasteiger partial charge < -0.3 is 14.8 Å². The SMILES string of the molecule is O=C(NC(CO)c1ccco1)c1csc(-c2ncccn2)n1. The van der Waals surface area contributed by atoms with Crippen molar-refractivity contribution >= 4 is 17.2 Å². The summed E-state index contributed by atoms with van der Waals surface area (Å²) in [5, 5.41) is 14.2. The molecule has 3 rings (SSSR count). The summed E-state index contributed by atoms with van der Waals surface area (Å²) < 4.78 is 5.19. The third-order valence-electron chi connectivity index (χ3n) is 2.87. The maximum atomic E-state index is 12.2. The average Bonchev–Trinajstić information content (AvgIpc) is 3.24. The molecule has 2 N–H and O–H groups in total. The number of hydrogen-bond acceptors (Lipinski definition) is 7. The fourth-order valence-electron chi connectivity index (χ4n) is 1.82. The van der Waals surface area contributed by atoms with Crippen LogP contribution in [0.4, 0.5) is 0 Å². The standard InChI is InChI=1S/C14H12N4O3S/c19-7-9(11-3-1-6-21-11)17-13(20)10-8-22-14(18-10)12-15-4-2-5-16-12/h1-6,8-9,19H,7H2,(H,17,20). The molecule has 1 amide bonds. The van der Waals surface area contributed by atoms with Crippen LogP contribution in [-0.4, -0.2) is 32.6 Å². The molecule has 1 atom stereocenters. The van der Waals surface area contributed by atoms with Gasteiger partial charge in [-0.2, -0.15) is 0 Å². The predicted molar refractivity (Wildman–Crippen MR) is 79.1 cm³/mol. The smallest absolute Gasteiger partial charge is 0.271 e. The largest absolute Gasteiger partial charge is 0.467 e. The third kappa shape index (κ3) is 3.02. The first kappa shape index (κ1) is 14.4. The molecule has 22 heavy (non-hydrogen) atoms. The number of carbonyl (C=O) groups excluding carboxylic acids is 1. The minimum atomic E-state index is -0.611. The number of amides is 1. The number of aliphatic hydroxyl groups excluding tert-OH is 1.